The molecule has 1 fully saturated rings. The number of nitrogens with zero attached hydrogens (tertiary/aromatic N) is 2. The lowest BCUT2D eigenvalue weighted by Gasteiger charge is -2.17. The number of hydrogen-bond acceptors (Lipinski definition) is 8. The van der Waals surface area contributed by atoms with Crippen LogP contribution in [-0.2, 0) is 19.6 Å². The van der Waals surface area contributed by atoms with Gasteiger partial charge in [-0.3, -0.25) is 4.79 Å². The minimum atomic E-state index is -4.26. The van der Waals surface area contributed by atoms with Crippen LogP contribution in [-0.4, -0.2) is 43.0 Å². The standard InChI is InChI=1S/C26H24N2O6S2/c1-3-33-21-14-16-22(17-15-21)36(31,32)28-24(29)23(18-8-6-5-7-9-18)35-26(28)27-20-12-10-19(11-13-20)25(30)34-4-2/h5-17,23H,3-4H2,1-2H3. The van der Waals surface area contributed by atoms with Crippen LogP contribution in [0.15, 0.2) is 88.8 Å². The SMILES string of the molecule is CCOC(=O)c1ccc(N=C2SC(c3ccccc3)C(=O)N2S(=O)(=O)c2ccc(OCC)cc2)cc1. The van der Waals surface area contributed by atoms with Gasteiger partial charge in [-0.15, -0.1) is 0 Å². The van der Waals surface area contributed by atoms with Crippen molar-refractivity contribution in [1.82, 2.24) is 4.31 Å². The predicted octanol–water partition coefficient (Wildman–Crippen LogP) is 4.96. The smallest absolute Gasteiger partial charge is 0.338 e. The van der Waals surface area contributed by atoms with E-state index in [4.69, 9.17) is 9.47 Å². The Morgan fingerprint density at radius 3 is 2.22 bits per heavy atom. The molecule has 3 aromatic carbocycles. The highest BCUT2D eigenvalue weighted by Gasteiger charge is 2.46. The molecule has 0 saturated carbocycles. The Balaban J connectivity index is 1.73. The first kappa shape index (κ1) is 25.5. The molecule has 1 unspecified atom stereocenters. The molecule has 1 aliphatic rings. The number of amidine groups is 1. The van der Waals surface area contributed by atoms with E-state index < -0.39 is 27.1 Å². The van der Waals surface area contributed by atoms with Gasteiger partial charge >= 0.3 is 5.97 Å². The Labute approximate surface area is 214 Å². The Morgan fingerprint density at radius 1 is 0.944 bits per heavy atom. The van der Waals surface area contributed by atoms with E-state index >= 15 is 0 Å². The third-order valence-electron chi connectivity index (χ3n) is 5.20. The zero-order valence-corrected chi connectivity index (χ0v) is 21.3. The van der Waals surface area contributed by atoms with Gasteiger partial charge in [-0.1, -0.05) is 42.1 Å². The van der Waals surface area contributed by atoms with E-state index in [0.717, 1.165) is 16.1 Å². The summed E-state index contributed by atoms with van der Waals surface area (Å²) in [6.07, 6.45) is 0. The molecule has 4 rings (SSSR count). The highest BCUT2D eigenvalue weighted by Crippen LogP contribution is 2.43. The average molecular weight is 525 g/mol. The van der Waals surface area contributed by atoms with Crippen LogP contribution < -0.4 is 4.74 Å². The molecule has 36 heavy (non-hydrogen) atoms. The van der Waals surface area contributed by atoms with Gasteiger partial charge in [0.25, 0.3) is 15.9 Å². The van der Waals surface area contributed by atoms with Gasteiger partial charge in [-0.2, -0.15) is 4.31 Å². The Morgan fingerprint density at radius 2 is 1.61 bits per heavy atom. The van der Waals surface area contributed by atoms with Crippen molar-refractivity contribution in [3.8, 4) is 5.75 Å². The zero-order chi connectivity index (χ0) is 25.7. The van der Waals surface area contributed by atoms with E-state index in [1.165, 1.54) is 12.1 Å². The largest absolute Gasteiger partial charge is 0.494 e. The van der Waals surface area contributed by atoms with Gasteiger partial charge in [-0.25, -0.2) is 18.2 Å². The molecule has 0 spiro atoms. The third-order valence-corrected chi connectivity index (χ3v) is 8.21. The predicted molar refractivity (Wildman–Crippen MR) is 138 cm³/mol. The molecular weight excluding hydrogens is 500 g/mol. The van der Waals surface area contributed by atoms with Crippen LogP contribution in [0.25, 0.3) is 0 Å². The van der Waals surface area contributed by atoms with Crippen LogP contribution in [0.2, 0.25) is 0 Å². The van der Waals surface area contributed by atoms with Crippen molar-refractivity contribution in [3.05, 3.63) is 90.0 Å². The molecule has 186 valence electrons. The average Bonchev–Trinajstić information content (AvgIpc) is 3.22. The highest BCUT2D eigenvalue weighted by atomic mass is 32.2. The number of amides is 1. The monoisotopic (exact) mass is 524 g/mol. The van der Waals surface area contributed by atoms with Gasteiger partial charge in [0, 0.05) is 0 Å². The fraction of sp³-hybridized carbons (Fsp3) is 0.192. The van der Waals surface area contributed by atoms with Gasteiger partial charge in [0.2, 0.25) is 0 Å². The lowest BCUT2D eigenvalue weighted by Crippen LogP contribution is -2.36. The Hall–Kier alpha value is -3.63. The van der Waals surface area contributed by atoms with E-state index in [9.17, 15) is 18.0 Å². The summed E-state index contributed by atoms with van der Waals surface area (Å²) in [5, 5.41) is -0.757. The molecule has 1 heterocycles. The minimum Gasteiger partial charge on any atom is -0.494 e. The van der Waals surface area contributed by atoms with Crippen LogP contribution in [0, 0.1) is 0 Å². The Kier molecular flexibility index (Phi) is 7.76. The van der Waals surface area contributed by atoms with Crippen LogP contribution in [0.1, 0.15) is 35.0 Å². The molecular formula is C26H24N2O6S2. The van der Waals surface area contributed by atoms with Crippen molar-refractivity contribution in [2.24, 2.45) is 4.99 Å². The third kappa shape index (κ3) is 5.29. The van der Waals surface area contributed by atoms with Crippen molar-refractivity contribution in [1.29, 1.82) is 0 Å². The van der Waals surface area contributed by atoms with Gasteiger partial charge in [0.15, 0.2) is 5.17 Å². The molecule has 0 aliphatic carbocycles. The van der Waals surface area contributed by atoms with Crippen LogP contribution >= 0.6 is 11.8 Å². The van der Waals surface area contributed by atoms with Crippen molar-refractivity contribution < 1.29 is 27.5 Å². The van der Waals surface area contributed by atoms with Crippen molar-refractivity contribution in [2.75, 3.05) is 13.2 Å². The number of benzene rings is 3. The maximum atomic E-state index is 13.6. The number of thioether (sulfide) groups is 1. The van der Waals surface area contributed by atoms with Crippen LogP contribution in [0.5, 0.6) is 5.75 Å². The molecule has 3 aromatic rings. The first-order valence-electron chi connectivity index (χ1n) is 11.2. The van der Waals surface area contributed by atoms with Crippen LogP contribution in [0.3, 0.4) is 0 Å². The first-order valence-corrected chi connectivity index (χ1v) is 13.6. The number of esters is 1. The summed E-state index contributed by atoms with van der Waals surface area (Å²) in [7, 11) is -4.26. The van der Waals surface area contributed by atoms with Gasteiger partial charge in [0.05, 0.1) is 29.4 Å². The number of hydrogen-bond donors (Lipinski definition) is 0. The second-order valence-corrected chi connectivity index (χ2v) is 10.4. The zero-order valence-electron chi connectivity index (χ0n) is 19.7. The van der Waals surface area contributed by atoms with E-state index in [-0.39, 0.29) is 16.7 Å². The maximum Gasteiger partial charge on any atom is 0.338 e. The summed E-state index contributed by atoms with van der Waals surface area (Å²) in [6.45, 7) is 4.24. The fourth-order valence-electron chi connectivity index (χ4n) is 3.51. The number of rotatable bonds is 8. The summed E-state index contributed by atoms with van der Waals surface area (Å²) < 4.78 is 38.4. The van der Waals surface area contributed by atoms with Crippen molar-refractivity contribution in [2.45, 2.75) is 24.0 Å². The van der Waals surface area contributed by atoms with Gasteiger partial charge in [-0.05, 0) is 67.9 Å². The molecule has 8 nitrogen and oxygen atoms in total. The lowest BCUT2D eigenvalue weighted by molar-refractivity contribution is -0.122. The minimum absolute atomic E-state index is 0.0200. The Bertz CT molecular complexity index is 1370. The van der Waals surface area contributed by atoms with E-state index in [1.807, 2.05) is 13.0 Å². The van der Waals surface area contributed by atoms with Gasteiger partial charge in [0.1, 0.15) is 11.0 Å². The number of ether oxygens (including phenoxy) is 2. The molecule has 0 radical (unpaired) electrons. The summed E-state index contributed by atoms with van der Waals surface area (Å²) >= 11 is 1.06. The molecule has 0 N–H and O–H groups in total. The molecule has 1 aliphatic heterocycles. The summed E-state index contributed by atoms with van der Waals surface area (Å²) in [6, 6.07) is 21.1. The molecule has 1 saturated heterocycles. The molecule has 10 heteroatoms. The number of aliphatic imine (C=N–C) groups is 1. The van der Waals surface area contributed by atoms with Gasteiger partial charge < -0.3 is 9.47 Å². The maximum absolute atomic E-state index is 13.6. The normalized spacial score (nSPS) is 16.8. The second-order valence-electron chi connectivity index (χ2n) is 7.58. The first-order chi connectivity index (χ1) is 17.3. The molecule has 1 amide bonds. The quantitative estimate of drug-likeness (QED) is 0.384. The van der Waals surface area contributed by atoms with E-state index in [0.29, 0.717) is 29.2 Å². The summed E-state index contributed by atoms with van der Waals surface area (Å²) in [4.78, 5) is 29.8. The second kappa shape index (κ2) is 11.0. The number of carbonyl (C=O) groups is 2. The topological polar surface area (TPSA) is 102 Å². The summed E-state index contributed by atoms with van der Waals surface area (Å²) in [5.74, 6) is -0.552. The van der Waals surface area contributed by atoms with E-state index in [2.05, 4.69) is 4.99 Å². The number of carbonyl (C=O) groups excluding carboxylic acids is 2. The molecule has 0 bridgehead atoms. The number of sulfonamides is 1. The molecule has 0 aromatic heterocycles. The van der Waals surface area contributed by atoms with Crippen molar-refractivity contribution in [3.63, 3.8) is 0 Å². The highest BCUT2D eigenvalue weighted by molar-refractivity contribution is 8.16. The van der Waals surface area contributed by atoms with Crippen LogP contribution in [0.4, 0.5) is 5.69 Å². The molecule has 1 atom stereocenters. The van der Waals surface area contributed by atoms with Crippen molar-refractivity contribution >= 4 is 44.5 Å². The fourth-order valence-corrected chi connectivity index (χ4v) is 6.34. The summed E-state index contributed by atoms with van der Waals surface area (Å²) in [5.41, 5.74) is 1.40. The van der Waals surface area contributed by atoms with E-state index in [1.54, 1.807) is 67.6 Å². The lowest BCUT2D eigenvalue weighted by atomic mass is 10.1.